The van der Waals surface area contributed by atoms with Crippen LogP contribution >= 0.6 is 11.3 Å². The van der Waals surface area contributed by atoms with E-state index in [4.69, 9.17) is 4.74 Å². The van der Waals surface area contributed by atoms with Gasteiger partial charge in [-0.3, -0.25) is 14.9 Å². The first-order valence-corrected chi connectivity index (χ1v) is 9.74. The Morgan fingerprint density at radius 3 is 2.31 bits per heavy atom. The van der Waals surface area contributed by atoms with E-state index >= 15 is 0 Å². The summed E-state index contributed by atoms with van der Waals surface area (Å²) in [5, 5.41) is 3.34. The molecule has 0 spiro atoms. The number of hydrogen-bond acceptors (Lipinski definition) is 6. The van der Waals surface area contributed by atoms with Crippen molar-refractivity contribution in [3.63, 3.8) is 0 Å². The number of thiazole rings is 1. The van der Waals surface area contributed by atoms with Gasteiger partial charge in [0, 0.05) is 24.5 Å². The normalized spacial score (nSPS) is 10.5. The van der Waals surface area contributed by atoms with Crippen molar-refractivity contribution in [1.29, 1.82) is 0 Å². The molecule has 3 rings (SSSR count). The fraction of sp³-hybridized carbons (Fsp3) is 0.238. The van der Waals surface area contributed by atoms with Crippen LogP contribution in [0.4, 0.5) is 5.13 Å². The van der Waals surface area contributed by atoms with Crippen LogP contribution in [-0.2, 0) is 0 Å². The summed E-state index contributed by atoms with van der Waals surface area (Å²) in [4.78, 5) is 36.0. The van der Waals surface area contributed by atoms with Gasteiger partial charge in [-0.15, -0.1) is 11.3 Å². The van der Waals surface area contributed by atoms with E-state index < -0.39 is 0 Å². The van der Waals surface area contributed by atoms with Crippen LogP contribution in [-0.4, -0.2) is 47.9 Å². The second-order valence-corrected chi connectivity index (χ2v) is 7.84. The largest absolute Gasteiger partial charge is 0.497 e. The lowest BCUT2D eigenvalue weighted by atomic mass is 10.1. The maximum atomic E-state index is 12.7. The standard InChI is InChI=1S/C21H22N4O3S/c1-12-16(10-11-17(22-12)20(27)25(3)4)19(26)24-21-23-18(13(2)29-21)14-6-8-15(28-5)9-7-14/h6-11H,1-5H3,(H,23,24,26). The average molecular weight is 410 g/mol. The number of ether oxygens (including phenoxy) is 1. The van der Waals surface area contributed by atoms with Crippen LogP contribution in [0.1, 0.15) is 31.4 Å². The number of aryl methyl sites for hydroxylation is 2. The molecule has 150 valence electrons. The highest BCUT2D eigenvalue weighted by atomic mass is 32.1. The average Bonchev–Trinajstić information content (AvgIpc) is 3.07. The van der Waals surface area contributed by atoms with Crippen molar-refractivity contribution in [1.82, 2.24) is 14.9 Å². The zero-order chi connectivity index (χ0) is 21.1. The molecule has 0 bridgehead atoms. The topological polar surface area (TPSA) is 84.4 Å². The van der Waals surface area contributed by atoms with Crippen molar-refractivity contribution in [2.75, 3.05) is 26.5 Å². The number of carbonyl (C=O) groups excluding carboxylic acids is 2. The maximum Gasteiger partial charge on any atom is 0.271 e. The van der Waals surface area contributed by atoms with E-state index in [0.717, 1.165) is 21.9 Å². The molecule has 29 heavy (non-hydrogen) atoms. The molecule has 1 N–H and O–H groups in total. The quantitative estimate of drug-likeness (QED) is 0.692. The predicted molar refractivity (Wildman–Crippen MR) is 114 cm³/mol. The van der Waals surface area contributed by atoms with E-state index in [2.05, 4.69) is 15.3 Å². The molecule has 2 aromatic heterocycles. The Hall–Kier alpha value is -3.26. The van der Waals surface area contributed by atoms with E-state index in [1.54, 1.807) is 40.3 Å². The Morgan fingerprint density at radius 1 is 1.03 bits per heavy atom. The van der Waals surface area contributed by atoms with E-state index in [0.29, 0.717) is 22.1 Å². The number of carbonyl (C=O) groups is 2. The summed E-state index contributed by atoms with van der Waals surface area (Å²) < 4.78 is 5.19. The van der Waals surface area contributed by atoms with Crippen LogP contribution in [0.3, 0.4) is 0 Å². The third-order valence-corrected chi connectivity index (χ3v) is 5.22. The van der Waals surface area contributed by atoms with Gasteiger partial charge in [0.05, 0.1) is 24.1 Å². The van der Waals surface area contributed by atoms with Gasteiger partial charge in [-0.1, -0.05) is 0 Å². The molecule has 0 unspecified atom stereocenters. The van der Waals surface area contributed by atoms with Crippen LogP contribution in [0.15, 0.2) is 36.4 Å². The number of rotatable bonds is 5. The van der Waals surface area contributed by atoms with Gasteiger partial charge >= 0.3 is 0 Å². The highest BCUT2D eigenvalue weighted by molar-refractivity contribution is 7.16. The summed E-state index contributed by atoms with van der Waals surface area (Å²) in [6.07, 6.45) is 0. The molecule has 0 saturated heterocycles. The molecule has 0 atom stereocenters. The minimum atomic E-state index is -0.311. The molecule has 0 aliphatic carbocycles. The second kappa shape index (κ2) is 8.40. The molecule has 0 radical (unpaired) electrons. The molecule has 0 saturated carbocycles. The van der Waals surface area contributed by atoms with Crippen molar-refractivity contribution < 1.29 is 14.3 Å². The minimum absolute atomic E-state index is 0.209. The molecule has 8 heteroatoms. The minimum Gasteiger partial charge on any atom is -0.497 e. The number of benzene rings is 1. The molecule has 0 aliphatic heterocycles. The highest BCUT2D eigenvalue weighted by Gasteiger charge is 2.17. The molecule has 7 nitrogen and oxygen atoms in total. The molecular formula is C21H22N4O3S. The highest BCUT2D eigenvalue weighted by Crippen LogP contribution is 2.31. The van der Waals surface area contributed by atoms with Crippen LogP contribution < -0.4 is 10.1 Å². The molecule has 3 aromatic rings. The molecule has 0 aliphatic rings. The Morgan fingerprint density at radius 2 is 1.72 bits per heavy atom. The van der Waals surface area contributed by atoms with Crippen LogP contribution in [0.2, 0.25) is 0 Å². The van der Waals surface area contributed by atoms with Crippen molar-refractivity contribution in [2.24, 2.45) is 0 Å². The van der Waals surface area contributed by atoms with Gasteiger partial charge in [0.25, 0.3) is 11.8 Å². The summed E-state index contributed by atoms with van der Waals surface area (Å²) in [5.74, 6) is 0.253. The lowest BCUT2D eigenvalue weighted by molar-refractivity contribution is 0.0821. The third-order valence-electron chi connectivity index (χ3n) is 4.34. The molecule has 2 heterocycles. The zero-order valence-electron chi connectivity index (χ0n) is 16.9. The van der Waals surface area contributed by atoms with Crippen molar-refractivity contribution in [3.05, 3.63) is 58.2 Å². The van der Waals surface area contributed by atoms with Crippen molar-refractivity contribution in [2.45, 2.75) is 13.8 Å². The van der Waals surface area contributed by atoms with Crippen molar-refractivity contribution in [3.8, 4) is 17.0 Å². The first-order chi connectivity index (χ1) is 13.8. The number of amides is 2. The van der Waals surface area contributed by atoms with Gasteiger partial charge in [-0.2, -0.15) is 0 Å². The predicted octanol–water partition coefficient (Wildman–Crippen LogP) is 3.78. The Balaban J connectivity index is 1.80. The van der Waals surface area contributed by atoms with Gasteiger partial charge in [0.2, 0.25) is 0 Å². The van der Waals surface area contributed by atoms with Crippen LogP contribution in [0.25, 0.3) is 11.3 Å². The van der Waals surface area contributed by atoms with E-state index in [-0.39, 0.29) is 11.8 Å². The van der Waals surface area contributed by atoms with E-state index in [9.17, 15) is 9.59 Å². The summed E-state index contributed by atoms with van der Waals surface area (Å²) in [6, 6.07) is 10.8. The molecule has 2 amide bonds. The Labute approximate surface area is 173 Å². The first-order valence-electron chi connectivity index (χ1n) is 8.92. The number of nitrogens with zero attached hydrogens (tertiary/aromatic N) is 3. The van der Waals surface area contributed by atoms with E-state index in [1.807, 2.05) is 31.2 Å². The summed E-state index contributed by atoms with van der Waals surface area (Å²) in [5.41, 5.74) is 2.95. The van der Waals surface area contributed by atoms with E-state index in [1.165, 1.54) is 16.2 Å². The fourth-order valence-corrected chi connectivity index (χ4v) is 3.61. The maximum absolute atomic E-state index is 12.7. The molecule has 0 fully saturated rings. The molecule has 1 aromatic carbocycles. The summed E-state index contributed by atoms with van der Waals surface area (Å²) in [7, 11) is 4.94. The number of anilines is 1. The van der Waals surface area contributed by atoms with Gasteiger partial charge in [-0.05, 0) is 50.2 Å². The number of hydrogen-bond donors (Lipinski definition) is 1. The summed E-state index contributed by atoms with van der Waals surface area (Å²) in [6.45, 7) is 3.67. The number of aromatic nitrogens is 2. The van der Waals surface area contributed by atoms with Gasteiger partial charge < -0.3 is 9.64 Å². The number of methoxy groups -OCH3 is 1. The Kier molecular flexibility index (Phi) is 5.93. The third kappa shape index (κ3) is 4.43. The lowest BCUT2D eigenvalue weighted by Gasteiger charge is -2.11. The van der Waals surface area contributed by atoms with Gasteiger partial charge in [0.15, 0.2) is 5.13 Å². The fourth-order valence-electron chi connectivity index (χ4n) is 2.78. The van der Waals surface area contributed by atoms with Crippen molar-refractivity contribution >= 4 is 28.3 Å². The van der Waals surface area contributed by atoms with Crippen LogP contribution in [0, 0.1) is 13.8 Å². The lowest BCUT2D eigenvalue weighted by Crippen LogP contribution is -2.23. The smallest absolute Gasteiger partial charge is 0.271 e. The van der Waals surface area contributed by atoms with Gasteiger partial charge in [-0.25, -0.2) is 9.97 Å². The SMILES string of the molecule is COc1ccc(-c2nc(NC(=O)c3ccc(C(=O)N(C)C)nc3C)sc2C)cc1. The number of nitrogens with one attached hydrogen (secondary N) is 1. The Bertz CT molecular complexity index is 1060. The van der Waals surface area contributed by atoms with Gasteiger partial charge in [0.1, 0.15) is 11.4 Å². The first kappa shape index (κ1) is 20.5. The summed E-state index contributed by atoms with van der Waals surface area (Å²) >= 11 is 1.40. The van der Waals surface area contributed by atoms with Crippen LogP contribution in [0.5, 0.6) is 5.75 Å². The molecular weight excluding hydrogens is 388 g/mol. The zero-order valence-corrected chi connectivity index (χ0v) is 17.8. The second-order valence-electron chi connectivity index (χ2n) is 6.64. The number of pyridine rings is 1. The monoisotopic (exact) mass is 410 g/mol.